The van der Waals surface area contributed by atoms with E-state index in [9.17, 15) is 4.79 Å². The quantitative estimate of drug-likeness (QED) is 0.524. The second kappa shape index (κ2) is 4.31. The van der Waals surface area contributed by atoms with Gasteiger partial charge < -0.3 is 16.6 Å². The van der Waals surface area contributed by atoms with E-state index in [0.717, 1.165) is 0 Å². The fourth-order valence-corrected chi connectivity index (χ4v) is 0.852. The van der Waals surface area contributed by atoms with Crippen LogP contribution in [0.1, 0.15) is 26.2 Å². The number of nitrogens with two attached hydrogens (primary N) is 2. The lowest BCUT2D eigenvalue weighted by molar-refractivity contribution is -0.143. The van der Waals surface area contributed by atoms with Crippen molar-refractivity contribution in [3.8, 4) is 0 Å². The van der Waals surface area contributed by atoms with Crippen LogP contribution in [0.25, 0.3) is 0 Å². The van der Waals surface area contributed by atoms with E-state index in [1.807, 2.05) is 0 Å². The Morgan fingerprint density at radius 3 is 2.45 bits per heavy atom. The largest absolute Gasteiger partial charge is 0.480 e. The summed E-state index contributed by atoms with van der Waals surface area (Å²) in [7, 11) is 0. The SMILES string of the molecule is CC[C@@](N)(CCCN)C(=O)O. The fraction of sp³-hybridized carbons (Fsp3) is 0.857. The molecular formula is C7H16N2O2. The zero-order chi connectivity index (χ0) is 8.91. The molecule has 1 atom stereocenters. The monoisotopic (exact) mass is 160 g/mol. The van der Waals surface area contributed by atoms with Crippen molar-refractivity contribution >= 4 is 5.97 Å². The summed E-state index contributed by atoms with van der Waals surface area (Å²) >= 11 is 0. The molecule has 0 saturated carbocycles. The van der Waals surface area contributed by atoms with Crippen LogP contribution in [0, 0.1) is 0 Å². The summed E-state index contributed by atoms with van der Waals surface area (Å²) in [6, 6.07) is 0. The predicted molar refractivity (Wildman–Crippen MR) is 43.1 cm³/mol. The molecule has 0 saturated heterocycles. The number of rotatable bonds is 5. The molecule has 11 heavy (non-hydrogen) atoms. The highest BCUT2D eigenvalue weighted by molar-refractivity contribution is 5.78. The third kappa shape index (κ3) is 2.86. The third-order valence-electron chi connectivity index (χ3n) is 1.88. The number of aliphatic carboxylic acids is 1. The lowest BCUT2D eigenvalue weighted by Crippen LogP contribution is -2.47. The van der Waals surface area contributed by atoms with Crippen molar-refractivity contribution < 1.29 is 9.90 Å². The summed E-state index contributed by atoms with van der Waals surface area (Å²) in [5.74, 6) is -0.937. The first-order chi connectivity index (χ1) is 5.06. The topological polar surface area (TPSA) is 89.3 Å². The van der Waals surface area contributed by atoms with Crippen LogP contribution < -0.4 is 11.5 Å². The normalized spacial score (nSPS) is 15.9. The standard InChI is InChI=1S/C7H16N2O2/c1-2-7(9,6(10)11)4-3-5-8/h2-5,8-9H2,1H3,(H,10,11)/t7-/m1/s1. The predicted octanol–water partition coefficient (Wildman–Crippen LogP) is -0.0826. The molecule has 66 valence electrons. The molecule has 0 aromatic heterocycles. The maximum atomic E-state index is 10.6. The van der Waals surface area contributed by atoms with E-state index in [2.05, 4.69) is 0 Å². The molecule has 5 N–H and O–H groups in total. The summed E-state index contributed by atoms with van der Waals surface area (Å²) < 4.78 is 0. The van der Waals surface area contributed by atoms with Crippen molar-refractivity contribution in [2.24, 2.45) is 11.5 Å². The van der Waals surface area contributed by atoms with Crippen LogP contribution >= 0.6 is 0 Å². The summed E-state index contributed by atoms with van der Waals surface area (Å²) in [6.45, 7) is 2.26. The minimum Gasteiger partial charge on any atom is -0.480 e. The minimum atomic E-state index is -1.07. The Labute approximate surface area is 66.6 Å². The highest BCUT2D eigenvalue weighted by Crippen LogP contribution is 2.13. The average molecular weight is 160 g/mol. The second-order valence-corrected chi connectivity index (χ2v) is 2.71. The van der Waals surface area contributed by atoms with E-state index >= 15 is 0 Å². The molecule has 0 aromatic rings. The Balaban J connectivity index is 3.99. The number of hydrogen-bond donors (Lipinski definition) is 3. The Hall–Kier alpha value is -0.610. The maximum absolute atomic E-state index is 10.6. The van der Waals surface area contributed by atoms with E-state index in [4.69, 9.17) is 16.6 Å². The first kappa shape index (κ1) is 10.4. The summed E-state index contributed by atoms with van der Waals surface area (Å²) in [6.07, 6.45) is 1.56. The van der Waals surface area contributed by atoms with Crippen LogP contribution in [-0.4, -0.2) is 23.2 Å². The zero-order valence-corrected chi connectivity index (χ0v) is 6.84. The van der Waals surface area contributed by atoms with Gasteiger partial charge in [0.1, 0.15) is 5.54 Å². The number of carboxylic acids is 1. The molecule has 0 aliphatic heterocycles. The van der Waals surface area contributed by atoms with Crippen LogP contribution in [0.5, 0.6) is 0 Å². The summed E-state index contributed by atoms with van der Waals surface area (Å²) in [5, 5.41) is 8.69. The molecule has 4 heteroatoms. The van der Waals surface area contributed by atoms with Crippen LogP contribution in [0.3, 0.4) is 0 Å². The second-order valence-electron chi connectivity index (χ2n) is 2.71. The molecule has 0 rings (SSSR count). The highest BCUT2D eigenvalue weighted by Gasteiger charge is 2.30. The number of hydrogen-bond acceptors (Lipinski definition) is 3. The smallest absolute Gasteiger partial charge is 0.323 e. The van der Waals surface area contributed by atoms with Crippen molar-refractivity contribution in [1.82, 2.24) is 0 Å². The average Bonchev–Trinajstić information content (AvgIpc) is 2.00. The molecule has 0 aliphatic rings. The van der Waals surface area contributed by atoms with Crippen LogP contribution in [0.2, 0.25) is 0 Å². The molecule has 0 fully saturated rings. The van der Waals surface area contributed by atoms with Gasteiger partial charge in [0.25, 0.3) is 0 Å². The molecule has 0 aliphatic carbocycles. The van der Waals surface area contributed by atoms with E-state index in [0.29, 0.717) is 25.8 Å². The fourth-order valence-electron chi connectivity index (χ4n) is 0.852. The Bertz CT molecular complexity index is 138. The molecule has 0 amide bonds. The summed E-state index contributed by atoms with van der Waals surface area (Å²) in [4.78, 5) is 10.6. The van der Waals surface area contributed by atoms with Gasteiger partial charge in [-0.1, -0.05) is 6.92 Å². The van der Waals surface area contributed by atoms with Gasteiger partial charge in [0, 0.05) is 0 Å². The highest BCUT2D eigenvalue weighted by atomic mass is 16.4. The van der Waals surface area contributed by atoms with E-state index < -0.39 is 11.5 Å². The van der Waals surface area contributed by atoms with Crippen molar-refractivity contribution in [2.75, 3.05) is 6.54 Å². The van der Waals surface area contributed by atoms with Crippen molar-refractivity contribution in [1.29, 1.82) is 0 Å². The Morgan fingerprint density at radius 1 is 1.64 bits per heavy atom. The molecular weight excluding hydrogens is 144 g/mol. The molecule has 0 aromatic carbocycles. The van der Waals surface area contributed by atoms with Gasteiger partial charge in [-0.15, -0.1) is 0 Å². The van der Waals surface area contributed by atoms with Crippen molar-refractivity contribution in [3.63, 3.8) is 0 Å². The van der Waals surface area contributed by atoms with E-state index in [-0.39, 0.29) is 0 Å². The molecule has 0 bridgehead atoms. The third-order valence-corrected chi connectivity index (χ3v) is 1.88. The number of carbonyl (C=O) groups is 1. The maximum Gasteiger partial charge on any atom is 0.323 e. The van der Waals surface area contributed by atoms with Crippen LogP contribution in [0.4, 0.5) is 0 Å². The molecule has 0 unspecified atom stereocenters. The van der Waals surface area contributed by atoms with Crippen molar-refractivity contribution in [2.45, 2.75) is 31.7 Å². The van der Waals surface area contributed by atoms with E-state index in [1.54, 1.807) is 6.92 Å². The van der Waals surface area contributed by atoms with Crippen LogP contribution in [-0.2, 0) is 4.79 Å². The van der Waals surface area contributed by atoms with Gasteiger partial charge in [0.2, 0.25) is 0 Å². The van der Waals surface area contributed by atoms with Crippen LogP contribution in [0.15, 0.2) is 0 Å². The molecule has 0 radical (unpaired) electrons. The lowest BCUT2D eigenvalue weighted by atomic mass is 9.92. The molecule has 4 nitrogen and oxygen atoms in total. The van der Waals surface area contributed by atoms with E-state index in [1.165, 1.54) is 0 Å². The first-order valence-electron chi connectivity index (χ1n) is 3.79. The van der Waals surface area contributed by atoms with Gasteiger partial charge in [-0.2, -0.15) is 0 Å². The molecule has 0 spiro atoms. The first-order valence-corrected chi connectivity index (χ1v) is 3.79. The molecule has 0 heterocycles. The lowest BCUT2D eigenvalue weighted by Gasteiger charge is -2.22. The van der Waals surface area contributed by atoms with Gasteiger partial charge in [0.15, 0.2) is 0 Å². The number of carboxylic acid groups (broad SMARTS) is 1. The van der Waals surface area contributed by atoms with Gasteiger partial charge in [-0.25, -0.2) is 0 Å². The summed E-state index contributed by atoms with van der Waals surface area (Å²) in [5.41, 5.74) is 9.74. The van der Waals surface area contributed by atoms with Gasteiger partial charge in [0.05, 0.1) is 0 Å². The Kier molecular flexibility index (Phi) is 4.07. The zero-order valence-electron chi connectivity index (χ0n) is 6.84. The van der Waals surface area contributed by atoms with Gasteiger partial charge in [-0.3, -0.25) is 4.79 Å². The van der Waals surface area contributed by atoms with Gasteiger partial charge >= 0.3 is 5.97 Å². The van der Waals surface area contributed by atoms with Crippen molar-refractivity contribution in [3.05, 3.63) is 0 Å². The Morgan fingerprint density at radius 2 is 2.18 bits per heavy atom. The van der Waals surface area contributed by atoms with Gasteiger partial charge in [-0.05, 0) is 25.8 Å². The minimum absolute atomic E-state index is 0.447.